The molecular weight excluding hydrogens is 422 g/mol. The molecule has 0 N–H and O–H groups in total. The topological polar surface area (TPSA) is 29.5 Å². The average Bonchev–Trinajstić information content (AvgIpc) is 3.02. The quantitative estimate of drug-likeness (QED) is 0.392. The lowest BCUT2D eigenvalue weighted by molar-refractivity contribution is -0.124. The summed E-state index contributed by atoms with van der Waals surface area (Å²) < 4.78 is 6.51. The van der Waals surface area contributed by atoms with E-state index in [0.717, 1.165) is 29.7 Å². The van der Waals surface area contributed by atoms with Gasteiger partial charge in [-0.2, -0.15) is 0 Å². The SMILES string of the molecule is O=C1/C(=C/c2ccc(OCc3ccccc3Cl)cc2)SC(=S)N1C1CCCCC1. The maximum atomic E-state index is 12.9. The van der Waals surface area contributed by atoms with E-state index in [0.29, 0.717) is 20.9 Å². The molecule has 0 unspecified atom stereocenters. The first kappa shape index (κ1) is 20.5. The third-order valence-corrected chi connectivity index (χ3v) is 6.99. The number of hydrogen-bond acceptors (Lipinski definition) is 4. The minimum absolute atomic E-state index is 0.0472. The summed E-state index contributed by atoms with van der Waals surface area (Å²) in [5, 5.41) is 0.698. The molecule has 150 valence electrons. The van der Waals surface area contributed by atoms with Crippen molar-refractivity contribution in [3.63, 3.8) is 0 Å². The summed E-state index contributed by atoms with van der Waals surface area (Å²) in [7, 11) is 0. The van der Waals surface area contributed by atoms with Crippen LogP contribution in [-0.2, 0) is 11.4 Å². The number of ether oxygens (including phenoxy) is 1. The van der Waals surface area contributed by atoms with Gasteiger partial charge in [-0.15, -0.1) is 0 Å². The van der Waals surface area contributed by atoms with Crippen LogP contribution in [-0.4, -0.2) is 21.2 Å². The van der Waals surface area contributed by atoms with Crippen molar-refractivity contribution in [1.82, 2.24) is 4.90 Å². The first-order valence-corrected chi connectivity index (χ1v) is 11.5. The van der Waals surface area contributed by atoms with Crippen LogP contribution >= 0.6 is 35.6 Å². The van der Waals surface area contributed by atoms with E-state index >= 15 is 0 Å². The van der Waals surface area contributed by atoms with Crippen molar-refractivity contribution in [2.75, 3.05) is 0 Å². The molecule has 1 aliphatic carbocycles. The minimum Gasteiger partial charge on any atom is -0.489 e. The molecule has 1 aliphatic heterocycles. The second-order valence-electron chi connectivity index (χ2n) is 7.29. The minimum atomic E-state index is 0.0472. The fraction of sp³-hybridized carbons (Fsp3) is 0.304. The molecule has 0 radical (unpaired) electrons. The lowest BCUT2D eigenvalue weighted by Gasteiger charge is -2.29. The smallest absolute Gasteiger partial charge is 0.266 e. The molecule has 1 saturated carbocycles. The summed E-state index contributed by atoms with van der Waals surface area (Å²) in [5.41, 5.74) is 1.91. The molecule has 1 amide bonds. The van der Waals surface area contributed by atoms with Gasteiger partial charge in [-0.25, -0.2) is 0 Å². The van der Waals surface area contributed by atoms with E-state index < -0.39 is 0 Å². The van der Waals surface area contributed by atoms with Crippen LogP contribution in [0, 0.1) is 0 Å². The number of thiocarbonyl (C=S) groups is 1. The Hall–Kier alpha value is -1.82. The van der Waals surface area contributed by atoms with Crippen molar-refractivity contribution in [3.8, 4) is 5.75 Å². The zero-order chi connectivity index (χ0) is 20.2. The molecule has 6 heteroatoms. The number of benzene rings is 2. The second-order valence-corrected chi connectivity index (χ2v) is 9.38. The standard InChI is InChI=1S/C23H22ClNO2S2/c24-20-9-5-4-6-17(20)15-27-19-12-10-16(11-13-19)14-21-22(26)25(23(28)29-21)18-7-2-1-3-8-18/h4-6,9-14,18H,1-3,7-8,15H2/b21-14-. The third-order valence-electron chi connectivity index (χ3n) is 5.29. The largest absolute Gasteiger partial charge is 0.489 e. The molecule has 0 spiro atoms. The van der Waals surface area contributed by atoms with Gasteiger partial charge in [0.1, 0.15) is 16.7 Å². The summed E-state index contributed by atoms with van der Waals surface area (Å²) in [6, 6.07) is 15.6. The average molecular weight is 444 g/mol. The van der Waals surface area contributed by atoms with Crippen LogP contribution in [0.5, 0.6) is 5.75 Å². The Morgan fingerprint density at radius 2 is 1.83 bits per heavy atom. The molecule has 0 bridgehead atoms. The Bertz CT molecular complexity index is 936. The van der Waals surface area contributed by atoms with Crippen molar-refractivity contribution in [2.24, 2.45) is 0 Å². The number of amides is 1. The van der Waals surface area contributed by atoms with E-state index in [2.05, 4.69) is 0 Å². The molecule has 2 aromatic rings. The second kappa shape index (κ2) is 9.33. The Labute approximate surface area is 186 Å². The summed E-state index contributed by atoms with van der Waals surface area (Å²) >= 11 is 13.1. The van der Waals surface area contributed by atoms with Crippen LogP contribution in [0.3, 0.4) is 0 Å². The van der Waals surface area contributed by atoms with Crippen LogP contribution in [0.15, 0.2) is 53.4 Å². The number of carbonyl (C=O) groups is 1. The van der Waals surface area contributed by atoms with Gasteiger partial charge in [0.05, 0.1) is 4.91 Å². The van der Waals surface area contributed by atoms with Crippen molar-refractivity contribution >= 4 is 51.9 Å². The zero-order valence-electron chi connectivity index (χ0n) is 16.0. The van der Waals surface area contributed by atoms with Gasteiger partial charge < -0.3 is 4.74 Å². The fourth-order valence-corrected chi connectivity index (χ4v) is 5.31. The van der Waals surface area contributed by atoms with Crippen molar-refractivity contribution in [1.29, 1.82) is 0 Å². The van der Waals surface area contributed by atoms with E-state index in [1.54, 1.807) is 0 Å². The van der Waals surface area contributed by atoms with Gasteiger partial charge >= 0.3 is 0 Å². The molecule has 0 atom stereocenters. The van der Waals surface area contributed by atoms with Gasteiger partial charge in [0, 0.05) is 16.6 Å². The number of thioether (sulfide) groups is 1. The van der Waals surface area contributed by atoms with E-state index in [1.165, 1.54) is 31.0 Å². The van der Waals surface area contributed by atoms with Crippen LogP contribution in [0.2, 0.25) is 5.02 Å². The maximum Gasteiger partial charge on any atom is 0.266 e. The Morgan fingerprint density at radius 1 is 1.10 bits per heavy atom. The number of carbonyl (C=O) groups excluding carboxylic acids is 1. The highest BCUT2D eigenvalue weighted by atomic mass is 35.5. The van der Waals surface area contributed by atoms with Crippen LogP contribution in [0.25, 0.3) is 6.08 Å². The van der Waals surface area contributed by atoms with Gasteiger partial charge in [0.25, 0.3) is 5.91 Å². The van der Waals surface area contributed by atoms with Crippen molar-refractivity contribution in [2.45, 2.75) is 44.8 Å². The molecule has 2 aromatic carbocycles. The highest BCUT2D eigenvalue weighted by molar-refractivity contribution is 8.26. The van der Waals surface area contributed by atoms with E-state index in [-0.39, 0.29) is 11.9 Å². The molecule has 2 fully saturated rings. The van der Waals surface area contributed by atoms with Gasteiger partial charge in [-0.1, -0.05) is 85.2 Å². The van der Waals surface area contributed by atoms with Gasteiger partial charge in [0.2, 0.25) is 0 Å². The molecule has 0 aromatic heterocycles. The number of nitrogens with zero attached hydrogens (tertiary/aromatic N) is 1. The molecule has 1 heterocycles. The van der Waals surface area contributed by atoms with E-state index in [9.17, 15) is 4.79 Å². The summed E-state index contributed by atoms with van der Waals surface area (Å²) in [6.07, 6.45) is 7.63. The van der Waals surface area contributed by atoms with Crippen molar-refractivity contribution in [3.05, 3.63) is 69.6 Å². The molecule has 3 nitrogen and oxygen atoms in total. The molecule has 29 heavy (non-hydrogen) atoms. The van der Waals surface area contributed by atoms with Crippen LogP contribution < -0.4 is 4.74 Å². The summed E-state index contributed by atoms with van der Waals surface area (Å²) in [6.45, 7) is 0.416. The van der Waals surface area contributed by atoms with Gasteiger partial charge in [-0.05, 0) is 42.7 Å². The predicted molar refractivity (Wildman–Crippen MR) is 124 cm³/mol. The third kappa shape index (κ3) is 4.85. The molecule has 1 saturated heterocycles. The fourth-order valence-electron chi connectivity index (χ4n) is 3.72. The lowest BCUT2D eigenvalue weighted by atomic mass is 9.94. The maximum absolute atomic E-state index is 12.9. The Balaban J connectivity index is 1.41. The van der Waals surface area contributed by atoms with Gasteiger partial charge in [-0.3, -0.25) is 9.69 Å². The van der Waals surface area contributed by atoms with Crippen LogP contribution in [0.1, 0.15) is 43.2 Å². The summed E-state index contributed by atoms with van der Waals surface area (Å²) in [5.74, 6) is 0.808. The Kier molecular flexibility index (Phi) is 6.58. The summed E-state index contributed by atoms with van der Waals surface area (Å²) in [4.78, 5) is 15.4. The lowest BCUT2D eigenvalue weighted by Crippen LogP contribution is -2.39. The van der Waals surface area contributed by atoms with Crippen LogP contribution in [0.4, 0.5) is 0 Å². The first-order chi connectivity index (χ1) is 14.1. The molecular formula is C23H22ClNO2S2. The molecule has 4 rings (SSSR count). The molecule has 2 aliphatic rings. The zero-order valence-corrected chi connectivity index (χ0v) is 18.4. The van der Waals surface area contributed by atoms with Crippen molar-refractivity contribution < 1.29 is 9.53 Å². The number of hydrogen-bond donors (Lipinski definition) is 0. The highest BCUT2D eigenvalue weighted by Gasteiger charge is 2.37. The van der Waals surface area contributed by atoms with Gasteiger partial charge in [0.15, 0.2) is 0 Å². The number of halogens is 1. The highest BCUT2D eigenvalue weighted by Crippen LogP contribution is 2.37. The Morgan fingerprint density at radius 3 is 2.55 bits per heavy atom. The predicted octanol–water partition coefficient (Wildman–Crippen LogP) is 6.45. The van der Waals surface area contributed by atoms with E-state index in [4.69, 9.17) is 28.6 Å². The normalized spacial score (nSPS) is 19.2. The monoisotopic (exact) mass is 443 g/mol. The number of rotatable bonds is 5. The first-order valence-electron chi connectivity index (χ1n) is 9.85. The van der Waals surface area contributed by atoms with E-state index in [1.807, 2.05) is 59.5 Å².